The van der Waals surface area contributed by atoms with E-state index in [0.717, 1.165) is 49.5 Å². The summed E-state index contributed by atoms with van der Waals surface area (Å²) < 4.78 is 5.84. The molecule has 0 spiro atoms. The largest absolute Gasteiger partial charge is 0.496 e. The number of nitrogens with zero attached hydrogens (tertiary/aromatic N) is 2. The van der Waals surface area contributed by atoms with E-state index in [2.05, 4.69) is 87.2 Å². The average Bonchev–Trinajstić information content (AvgIpc) is 2.79. The SMILES string of the molecule is CCc1cccc(CC)c1-c1cc(OC)c(CN(Cc2ccccc2)CC(C)C)cn1. The zero-order chi connectivity index (χ0) is 22.2. The number of aromatic nitrogens is 1. The van der Waals surface area contributed by atoms with Gasteiger partial charge in [-0.1, -0.05) is 76.2 Å². The summed E-state index contributed by atoms with van der Waals surface area (Å²) in [6.07, 6.45) is 4.00. The number of rotatable bonds is 10. The Morgan fingerprint density at radius 3 is 2.13 bits per heavy atom. The lowest BCUT2D eigenvalue weighted by Gasteiger charge is -2.25. The summed E-state index contributed by atoms with van der Waals surface area (Å²) >= 11 is 0. The molecule has 0 N–H and O–H groups in total. The van der Waals surface area contributed by atoms with Gasteiger partial charge in [0.2, 0.25) is 0 Å². The van der Waals surface area contributed by atoms with E-state index >= 15 is 0 Å². The lowest BCUT2D eigenvalue weighted by atomic mass is 9.94. The van der Waals surface area contributed by atoms with Crippen LogP contribution < -0.4 is 4.74 Å². The highest BCUT2D eigenvalue weighted by Crippen LogP contribution is 2.32. The van der Waals surface area contributed by atoms with E-state index in [4.69, 9.17) is 9.72 Å². The van der Waals surface area contributed by atoms with E-state index in [-0.39, 0.29) is 0 Å². The van der Waals surface area contributed by atoms with Crippen LogP contribution in [-0.2, 0) is 25.9 Å². The molecule has 3 heteroatoms. The summed E-state index contributed by atoms with van der Waals surface area (Å²) in [4.78, 5) is 7.39. The lowest BCUT2D eigenvalue weighted by Crippen LogP contribution is -2.27. The quantitative estimate of drug-likeness (QED) is 0.375. The Balaban J connectivity index is 1.92. The van der Waals surface area contributed by atoms with Crippen molar-refractivity contribution in [2.45, 2.75) is 53.6 Å². The molecule has 0 aliphatic heterocycles. The molecule has 1 aromatic heterocycles. The lowest BCUT2D eigenvalue weighted by molar-refractivity contribution is 0.224. The minimum atomic E-state index is 0.588. The number of hydrogen-bond acceptors (Lipinski definition) is 3. The number of ether oxygens (including phenoxy) is 1. The van der Waals surface area contributed by atoms with Crippen LogP contribution in [0, 0.1) is 5.92 Å². The fourth-order valence-electron chi connectivity index (χ4n) is 4.27. The maximum Gasteiger partial charge on any atom is 0.127 e. The number of hydrogen-bond donors (Lipinski definition) is 0. The molecule has 0 saturated carbocycles. The van der Waals surface area contributed by atoms with Crippen molar-refractivity contribution >= 4 is 0 Å². The zero-order valence-electron chi connectivity index (χ0n) is 19.7. The third-order valence-corrected chi connectivity index (χ3v) is 5.68. The molecule has 3 aromatic rings. The fraction of sp³-hybridized carbons (Fsp3) is 0.393. The number of pyridine rings is 1. The van der Waals surface area contributed by atoms with Gasteiger partial charge < -0.3 is 4.74 Å². The molecule has 0 aliphatic carbocycles. The zero-order valence-corrected chi connectivity index (χ0v) is 19.7. The van der Waals surface area contributed by atoms with Gasteiger partial charge in [0.15, 0.2) is 0 Å². The normalized spacial score (nSPS) is 11.3. The third kappa shape index (κ3) is 5.95. The van der Waals surface area contributed by atoms with Gasteiger partial charge in [-0.15, -0.1) is 0 Å². The van der Waals surface area contributed by atoms with Gasteiger partial charge in [0.1, 0.15) is 5.75 Å². The Hall–Kier alpha value is -2.65. The smallest absolute Gasteiger partial charge is 0.127 e. The Labute approximate surface area is 188 Å². The first-order chi connectivity index (χ1) is 15.0. The summed E-state index contributed by atoms with van der Waals surface area (Å²) in [6.45, 7) is 11.7. The molecule has 2 aromatic carbocycles. The second kappa shape index (κ2) is 11.1. The average molecular weight is 417 g/mol. The van der Waals surface area contributed by atoms with Gasteiger partial charge in [0.05, 0.1) is 12.8 Å². The number of aryl methyl sites for hydroxylation is 2. The molecular weight excluding hydrogens is 380 g/mol. The number of methoxy groups -OCH3 is 1. The van der Waals surface area contributed by atoms with Gasteiger partial charge in [-0.3, -0.25) is 9.88 Å². The van der Waals surface area contributed by atoms with Gasteiger partial charge >= 0.3 is 0 Å². The summed E-state index contributed by atoms with van der Waals surface area (Å²) in [5.41, 5.74) is 7.42. The van der Waals surface area contributed by atoms with Crippen molar-refractivity contribution in [3.05, 3.63) is 83.0 Å². The van der Waals surface area contributed by atoms with Crippen LogP contribution >= 0.6 is 0 Å². The molecule has 3 rings (SSSR count). The molecule has 0 fully saturated rings. The van der Waals surface area contributed by atoms with Crippen molar-refractivity contribution in [2.24, 2.45) is 5.92 Å². The Morgan fingerprint density at radius 2 is 1.55 bits per heavy atom. The van der Waals surface area contributed by atoms with Gasteiger partial charge in [0, 0.05) is 43.0 Å². The van der Waals surface area contributed by atoms with Gasteiger partial charge in [0.25, 0.3) is 0 Å². The molecule has 1 heterocycles. The molecule has 0 radical (unpaired) electrons. The predicted molar refractivity (Wildman–Crippen MR) is 130 cm³/mol. The maximum atomic E-state index is 5.84. The number of benzene rings is 2. The van der Waals surface area contributed by atoms with Crippen LogP contribution in [0.3, 0.4) is 0 Å². The molecule has 0 atom stereocenters. The molecule has 3 nitrogen and oxygen atoms in total. The first-order valence-corrected chi connectivity index (χ1v) is 11.5. The summed E-state index contributed by atoms with van der Waals surface area (Å²) in [6, 6.07) is 19.4. The standard InChI is InChI=1S/C28H36N2O/c1-6-23-14-11-15-24(7-2)28(23)26-16-27(31-5)25(17-29-26)20-30(18-21(3)4)19-22-12-9-8-10-13-22/h8-17,21H,6-7,18-20H2,1-5H3. The predicted octanol–water partition coefficient (Wildman–Crippen LogP) is 6.54. The molecule has 0 amide bonds. The van der Waals surface area contributed by atoms with E-state index in [9.17, 15) is 0 Å². The Morgan fingerprint density at radius 1 is 0.871 bits per heavy atom. The van der Waals surface area contributed by atoms with Crippen LogP contribution in [0.4, 0.5) is 0 Å². The van der Waals surface area contributed by atoms with Crippen molar-refractivity contribution in [2.75, 3.05) is 13.7 Å². The fourth-order valence-corrected chi connectivity index (χ4v) is 4.27. The third-order valence-electron chi connectivity index (χ3n) is 5.68. The van der Waals surface area contributed by atoms with E-state index in [1.54, 1.807) is 7.11 Å². The van der Waals surface area contributed by atoms with E-state index < -0.39 is 0 Å². The van der Waals surface area contributed by atoms with Gasteiger partial charge in [-0.05, 0) is 35.4 Å². The van der Waals surface area contributed by atoms with Crippen LogP contribution in [0.5, 0.6) is 5.75 Å². The molecule has 0 aliphatic rings. The van der Waals surface area contributed by atoms with Crippen molar-refractivity contribution in [1.82, 2.24) is 9.88 Å². The van der Waals surface area contributed by atoms with Crippen LogP contribution in [-0.4, -0.2) is 23.5 Å². The van der Waals surface area contributed by atoms with E-state index in [0.29, 0.717) is 5.92 Å². The minimum absolute atomic E-state index is 0.588. The first kappa shape index (κ1) is 23.0. The highest BCUT2D eigenvalue weighted by Gasteiger charge is 2.16. The highest BCUT2D eigenvalue weighted by molar-refractivity contribution is 5.69. The topological polar surface area (TPSA) is 25.4 Å². The minimum Gasteiger partial charge on any atom is -0.496 e. The highest BCUT2D eigenvalue weighted by atomic mass is 16.5. The van der Waals surface area contributed by atoms with Crippen LogP contribution in [0.1, 0.15) is 49.9 Å². The maximum absolute atomic E-state index is 5.84. The van der Waals surface area contributed by atoms with Gasteiger partial charge in [-0.25, -0.2) is 0 Å². The van der Waals surface area contributed by atoms with Crippen molar-refractivity contribution < 1.29 is 4.74 Å². The van der Waals surface area contributed by atoms with E-state index in [1.807, 2.05) is 6.20 Å². The molecule has 0 bridgehead atoms. The van der Waals surface area contributed by atoms with Crippen molar-refractivity contribution in [1.29, 1.82) is 0 Å². The molecule has 0 unspecified atom stereocenters. The first-order valence-electron chi connectivity index (χ1n) is 11.5. The van der Waals surface area contributed by atoms with Crippen LogP contribution in [0.25, 0.3) is 11.3 Å². The van der Waals surface area contributed by atoms with Crippen LogP contribution in [0.15, 0.2) is 60.8 Å². The molecule has 164 valence electrons. The van der Waals surface area contributed by atoms with E-state index in [1.165, 1.54) is 22.3 Å². The monoisotopic (exact) mass is 416 g/mol. The van der Waals surface area contributed by atoms with Crippen molar-refractivity contribution in [3.63, 3.8) is 0 Å². The second-order valence-corrected chi connectivity index (χ2v) is 8.59. The van der Waals surface area contributed by atoms with Gasteiger partial charge in [-0.2, -0.15) is 0 Å². The second-order valence-electron chi connectivity index (χ2n) is 8.59. The summed E-state index contributed by atoms with van der Waals surface area (Å²) in [5, 5.41) is 0. The Kier molecular flexibility index (Phi) is 8.25. The summed E-state index contributed by atoms with van der Waals surface area (Å²) in [5.74, 6) is 1.50. The summed E-state index contributed by atoms with van der Waals surface area (Å²) in [7, 11) is 1.76. The molecular formula is C28H36N2O. The Bertz CT molecular complexity index is 944. The van der Waals surface area contributed by atoms with Crippen LogP contribution in [0.2, 0.25) is 0 Å². The molecule has 0 saturated heterocycles. The molecule has 31 heavy (non-hydrogen) atoms. The van der Waals surface area contributed by atoms with Crippen molar-refractivity contribution in [3.8, 4) is 17.0 Å².